The molecular weight excluding hydrogens is 633 g/mol. The number of hydrogen-bond donors (Lipinski definition) is 3. The van der Waals surface area contributed by atoms with Crippen LogP contribution in [0.3, 0.4) is 0 Å². The van der Waals surface area contributed by atoms with Crippen molar-refractivity contribution in [3.8, 4) is 0 Å². The first-order valence-electron chi connectivity index (χ1n) is 15.8. The summed E-state index contributed by atoms with van der Waals surface area (Å²) in [4.78, 5) is 50.6. The van der Waals surface area contributed by atoms with Crippen molar-refractivity contribution in [3.05, 3.63) is 104 Å². The number of ether oxygens (including phenoxy) is 1. The van der Waals surface area contributed by atoms with E-state index < -0.39 is 12.1 Å². The Kier molecular flexibility index (Phi) is 13.7. The van der Waals surface area contributed by atoms with Crippen LogP contribution < -0.4 is 16.0 Å². The highest BCUT2D eigenvalue weighted by Crippen LogP contribution is 2.16. The van der Waals surface area contributed by atoms with E-state index in [1.54, 1.807) is 18.8 Å². The van der Waals surface area contributed by atoms with Crippen LogP contribution in [0.4, 0.5) is 9.59 Å². The summed E-state index contributed by atoms with van der Waals surface area (Å²) < 4.78 is 5.48. The molecule has 2 aromatic heterocycles. The van der Waals surface area contributed by atoms with Gasteiger partial charge in [0.05, 0.1) is 27.6 Å². The molecule has 0 radical (unpaired) electrons. The van der Waals surface area contributed by atoms with Gasteiger partial charge in [0.25, 0.3) is 0 Å². The van der Waals surface area contributed by atoms with Gasteiger partial charge < -0.3 is 25.6 Å². The lowest BCUT2D eigenvalue weighted by Gasteiger charge is -2.28. The smallest absolute Gasteiger partial charge is 0.407 e. The van der Waals surface area contributed by atoms with E-state index in [1.165, 1.54) is 27.6 Å². The van der Waals surface area contributed by atoms with Crippen LogP contribution in [0.25, 0.3) is 0 Å². The lowest BCUT2D eigenvalue weighted by Crippen LogP contribution is -2.54. The lowest BCUT2D eigenvalue weighted by molar-refractivity contribution is -0.124. The van der Waals surface area contributed by atoms with E-state index in [9.17, 15) is 14.4 Å². The van der Waals surface area contributed by atoms with Crippen molar-refractivity contribution in [3.63, 3.8) is 0 Å². The molecule has 47 heavy (non-hydrogen) atoms. The predicted octanol–water partition coefficient (Wildman–Crippen LogP) is 6.12. The average molecular weight is 677 g/mol. The standard InChI is InChI=1S/C35H44N6O4S2/c1-24(2)32(40-34(43)41(4)20-30-22-46-25(3)37-30)33(42)38-28(17-26-11-7-5-8-12-26)15-16-29(18-27-13-9-6-10-14-27)39-35(44)45-21-31-19-36-23-47-31/h5-14,19,22-24,28-29,32H,15-18,20-21H2,1-4H3,(H,38,42)(H,39,44)(H,40,43)/t28-,29-,32+/m1/s1. The number of benzene rings is 2. The first-order valence-corrected chi connectivity index (χ1v) is 17.5. The van der Waals surface area contributed by atoms with Gasteiger partial charge in [0.2, 0.25) is 5.91 Å². The number of nitrogens with one attached hydrogen (secondary N) is 3. The molecule has 0 saturated carbocycles. The van der Waals surface area contributed by atoms with Crippen LogP contribution in [0.2, 0.25) is 0 Å². The van der Waals surface area contributed by atoms with E-state index in [-0.39, 0.29) is 36.5 Å². The van der Waals surface area contributed by atoms with Crippen LogP contribution in [0.5, 0.6) is 0 Å². The Hall–Kier alpha value is -4.29. The van der Waals surface area contributed by atoms with E-state index in [0.717, 1.165) is 26.7 Å². The minimum Gasteiger partial charge on any atom is -0.444 e. The van der Waals surface area contributed by atoms with Crippen molar-refractivity contribution in [2.24, 2.45) is 5.92 Å². The van der Waals surface area contributed by atoms with Gasteiger partial charge in [-0.3, -0.25) is 9.78 Å². The molecule has 0 aliphatic rings. The number of aromatic nitrogens is 2. The number of amides is 4. The van der Waals surface area contributed by atoms with Crippen LogP contribution in [0.1, 0.15) is 53.4 Å². The number of carbonyl (C=O) groups excluding carboxylic acids is 3. The molecule has 4 rings (SSSR count). The second kappa shape index (κ2) is 18.2. The largest absolute Gasteiger partial charge is 0.444 e. The molecule has 4 amide bonds. The van der Waals surface area contributed by atoms with Crippen LogP contribution in [0, 0.1) is 12.8 Å². The molecule has 2 heterocycles. The minimum absolute atomic E-state index is 0.146. The molecule has 12 heteroatoms. The average Bonchev–Trinajstić information content (AvgIpc) is 3.73. The summed E-state index contributed by atoms with van der Waals surface area (Å²) in [5.74, 6) is -0.393. The van der Waals surface area contributed by atoms with Gasteiger partial charge >= 0.3 is 12.1 Å². The Bertz CT molecular complexity index is 1530. The summed E-state index contributed by atoms with van der Waals surface area (Å²) in [6, 6.07) is 18.4. The zero-order valence-electron chi connectivity index (χ0n) is 27.3. The molecule has 2 aromatic carbocycles. The SMILES string of the molecule is Cc1nc(CN(C)C(=O)N[C@H](C(=O)N[C@H](CC[C@H](Cc2ccccc2)NC(=O)OCc2cncs2)Cc2ccccc2)C(C)C)cs1. The van der Waals surface area contributed by atoms with Gasteiger partial charge in [-0.05, 0) is 49.7 Å². The first-order chi connectivity index (χ1) is 22.7. The molecule has 0 spiro atoms. The van der Waals surface area contributed by atoms with E-state index in [0.29, 0.717) is 32.2 Å². The fourth-order valence-corrected chi connectivity index (χ4v) is 6.28. The van der Waals surface area contributed by atoms with E-state index in [2.05, 4.69) is 25.9 Å². The Morgan fingerprint density at radius 1 is 0.872 bits per heavy atom. The third kappa shape index (κ3) is 12.1. The number of rotatable bonds is 16. The van der Waals surface area contributed by atoms with Crippen LogP contribution in [0.15, 0.2) is 77.8 Å². The summed E-state index contributed by atoms with van der Waals surface area (Å²) in [6.45, 7) is 6.26. The van der Waals surface area contributed by atoms with E-state index >= 15 is 0 Å². The van der Waals surface area contributed by atoms with Crippen molar-refractivity contribution >= 4 is 40.7 Å². The van der Waals surface area contributed by atoms with Gasteiger partial charge in [-0.25, -0.2) is 14.6 Å². The highest BCUT2D eigenvalue weighted by Gasteiger charge is 2.28. The summed E-state index contributed by atoms with van der Waals surface area (Å²) in [5, 5.41) is 12.1. The Balaban J connectivity index is 1.43. The molecular formula is C35H44N6O4S2. The fraction of sp³-hybridized carbons (Fsp3) is 0.400. The molecule has 4 aromatic rings. The van der Waals surface area contributed by atoms with Crippen molar-refractivity contribution in [1.29, 1.82) is 0 Å². The summed E-state index contributed by atoms with van der Waals surface area (Å²) in [7, 11) is 1.69. The molecule has 3 N–H and O–H groups in total. The summed E-state index contributed by atoms with van der Waals surface area (Å²) >= 11 is 2.96. The third-order valence-corrected chi connectivity index (χ3v) is 9.23. The Morgan fingerprint density at radius 3 is 2.02 bits per heavy atom. The maximum atomic E-state index is 13.8. The molecule has 3 atom stereocenters. The highest BCUT2D eigenvalue weighted by molar-refractivity contribution is 7.09. The van der Waals surface area contributed by atoms with Crippen molar-refractivity contribution in [2.75, 3.05) is 7.05 Å². The Morgan fingerprint density at radius 2 is 1.49 bits per heavy atom. The molecule has 250 valence electrons. The molecule has 0 aliphatic carbocycles. The lowest BCUT2D eigenvalue weighted by atomic mass is 9.95. The van der Waals surface area contributed by atoms with E-state index in [4.69, 9.17) is 4.74 Å². The molecule has 0 aliphatic heterocycles. The third-order valence-electron chi connectivity index (χ3n) is 7.65. The molecule has 0 fully saturated rings. The number of aryl methyl sites for hydroxylation is 1. The van der Waals surface area contributed by atoms with Crippen LogP contribution in [-0.2, 0) is 35.5 Å². The van der Waals surface area contributed by atoms with Gasteiger partial charge in [0.15, 0.2) is 0 Å². The van der Waals surface area contributed by atoms with Crippen molar-refractivity contribution in [1.82, 2.24) is 30.8 Å². The number of hydrogen-bond acceptors (Lipinski definition) is 8. The molecule has 0 unspecified atom stereocenters. The van der Waals surface area contributed by atoms with Gasteiger partial charge in [0, 0.05) is 30.7 Å². The number of urea groups is 1. The monoisotopic (exact) mass is 676 g/mol. The number of alkyl carbamates (subject to hydrolysis) is 1. The number of nitrogens with zero attached hydrogens (tertiary/aromatic N) is 3. The molecule has 0 saturated heterocycles. The van der Waals surface area contributed by atoms with Gasteiger partial charge in [-0.2, -0.15) is 0 Å². The Labute approximate surface area is 285 Å². The fourth-order valence-electron chi connectivity index (χ4n) is 5.17. The van der Waals surface area contributed by atoms with Gasteiger partial charge in [-0.1, -0.05) is 74.5 Å². The second-order valence-electron chi connectivity index (χ2n) is 11.9. The van der Waals surface area contributed by atoms with Crippen molar-refractivity contribution in [2.45, 2.75) is 77.7 Å². The quantitative estimate of drug-likeness (QED) is 0.131. The van der Waals surface area contributed by atoms with Gasteiger partial charge in [0.1, 0.15) is 12.6 Å². The van der Waals surface area contributed by atoms with Crippen LogP contribution in [-0.4, -0.2) is 58.1 Å². The highest BCUT2D eigenvalue weighted by atomic mass is 32.1. The second-order valence-corrected chi connectivity index (χ2v) is 14.0. The number of carbonyl (C=O) groups is 3. The van der Waals surface area contributed by atoms with E-state index in [1.807, 2.05) is 86.8 Å². The first kappa shape index (κ1) is 35.6. The molecule has 10 nitrogen and oxygen atoms in total. The van der Waals surface area contributed by atoms with Crippen LogP contribution >= 0.6 is 22.7 Å². The van der Waals surface area contributed by atoms with Crippen molar-refractivity contribution < 1.29 is 19.1 Å². The topological polar surface area (TPSA) is 126 Å². The predicted molar refractivity (Wildman–Crippen MR) is 186 cm³/mol. The number of thiazole rings is 2. The molecule has 0 bridgehead atoms. The zero-order valence-corrected chi connectivity index (χ0v) is 29.0. The summed E-state index contributed by atoms with van der Waals surface area (Å²) in [5.41, 5.74) is 4.68. The van der Waals surface area contributed by atoms with Gasteiger partial charge in [-0.15, -0.1) is 22.7 Å². The maximum Gasteiger partial charge on any atom is 0.407 e. The summed E-state index contributed by atoms with van der Waals surface area (Å²) in [6.07, 6.45) is 3.58. The zero-order chi connectivity index (χ0) is 33.6. The minimum atomic E-state index is -0.736. The normalized spacial score (nSPS) is 13.0. The maximum absolute atomic E-state index is 13.8.